The second-order valence-corrected chi connectivity index (χ2v) is 7.21. The van der Waals surface area contributed by atoms with Gasteiger partial charge in [-0.2, -0.15) is 11.8 Å². The Morgan fingerprint density at radius 2 is 2.10 bits per heavy atom. The predicted molar refractivity (Wildman–Crippen MR) is 80.0 cm³/mol. The number of rotatable bonds is 4. The Morgan fingerprint density at radius 3 is 2.70 bits per heavy atom. The molecule has 1 heterocycles. The van der Waals surface area contributed by atoms with E-state index in [9.17, 15) is 14.7 Å². The van der Waals surface area contributed by atoms with Crippen molar-refractivity contribution in [3.63, 3.8) is 0 Å². The average Bonchev–Trinajstić information content (AvgIpc) is 2.95. The molecule has 1 atom stereocenters. The van der Waals surface area contributed by atoms with Gasteiger partial charge in [0.25, 0.3) is 0 Å². The number of carboxylic acids is 1. The Labute approximate surface area is 124 Å². The summed E-state index contributed by atoms with van der Waals surface area (Å²) in [6.07, 6.45) is 4.31. The number of hydrogen-bond acceptors (Lipinski definition) is 3. The number of urea groups is 1. The lowest BCUT2D eigenvalue weighted by Crippen LogP contribution is -2.50. The molecule has 2 N–H and O–H groups in total. The van der Waals surface area contributed by atoms with Gasteiger partial charge in [-0.1, -0.05) is 19.8 Å². The van der Waals surface area contributed by atoms with E-state index in [-0.39, 0.29) is 12.6 Å². The summed E-state index contributed by atoms with van der Waals surface area (Å²) in [6, 6.07) is -0.101. The molecule has 2 aliphatic rings. The minimum absolute atomic E-state index is 0.101. The predicted octanol–water partition coefficient (Wildman–Crippen LogP) is 2.17. The molecule has 1 saturated heterocycles. The summed E-state index contributed by atoms with van der Waals surface area (Å²) in [6.45, 7) is 3.93. The third-order valence-corrected chi connectivity index (χ3v) is 5.85. The summed E-state index contributed by atoms with van der Waals surface area (Å²) in [5.74, 6) is 0.201. The first-order chi connectivity index (χ1) is 9.57. The zero-order chi connectivity index (χ0) is 14.6. The maximum absolute atomic E-state index is 12.2. The maximum atomic E-state index is 12.2. The number of nitrogens with one attached hydrogen (secondary N) is 1. The SMILES string of the molecule is CCC1CN(C(=O)NCC2(C(=O)O)CCCC2)CCS1. The fourth-order valence-electron chi connectivity index (χ4n) is 3.03. The van der Waals surface area contributed by atoms with E-state index in [1.54, 1.807) is 0 Å². The van der Waals surface area contributed by atoms with Crippen LogP contribution in [0.4, 0.5) is 4.79 Å². The van der Waals surface area contributed by atoms with Crippen LogP contribution in [0.1, 0.15) is 39.0 Å². The molecule has 0 aromatic rings. The molecule has 1 saturated carbocycles. The molecule has 1 unspecified atom stereocenters. The van der Waals surface area contributed by atoms with Gasteiger partial charge in [0.1, 0.15) is 0 Å². The lowest BCUT2D eigenvalue weighted by Gasteiger charge is -2.33. The quantitative estimate of drug-likeness (QED) is 0.835. The largest absolute Gasteiger partial charge is 0.481 e. The number of aliphatic carboxylic acids is 1. The highest BCUT2D eigenvalue weighted by atomic mass is 32.2. The molecular formula is C14H24N2O3S. The first kappa shape index (κ1) is 15.5. The third-order valence-electron chi connectivity index (χ3n) is 4.47. The summed E-state index contributed by atoms with van der Waals surface area (Å²) < 4.78 is 0. The van der Waals surface area contributed by atoms with Crippen molar-refractivity contribution >= 4 is 23.8 Å². The molecule has 0 bridgehead atoms. The van der Waals surface area contributed by atoms with Crippen molar-refractivity contribution in [2.75, 3.05) is 25.4 Å². The number of thioether (sulfide) groups is 1. The van der Waals surface area contributed by atoms with Gasteiger partial charge in [0.05, 0.1) is 5.41 Å². The number of carboxylic acid groups (broad SMARTS) is 1. The summed E-state index contributed by atoms with van der Waals surface area (Å²) in [5, 5.41) is 12.8. The van der Waals surface area contributed by atoms with Gasteiger partial charge in [0.2, 0.25) is 0 Å². The van der Waals surface area contributed by atoms with Gasteiger partial charge >= 0.3 is 12.0 Å². The van der Waals surface area contributed by atoms with Crippen molar-refractivity contribution in [3.8, 4) is 0 Å². The van der Waals surface area contributed by atoms with Crippen LogP contribution >= 0.6 is 11.8 Å². The van der Waals surface area contributed by atoms with E-state index < -0.39 is 11.4 Å². The van der Waals surface area contributed by atoms with Gasteiger partial charge in [-0.25, -0.2) is 4.79 Å². The topological polar surface area (TPSA) is 69.6 Å². The van der Waals surface area contributed by atoms with Gasteiger partial charge in [-0.3, -0.25) is 4.79 Å². The Balaban J connectivity index is 1.86. The Kier molecular flexibility index (Phi) is 5.18. The molecule has 2 rings (SSSR count). The lowest BCUT2D eigenvalue weighted by molar-refractivity contribution is -0.148. The molecule has 1 aliphatic heterocycles. The highest BCUT2D eigenvalue weighted by molar-refractivity contribution is 8.00. The first-order valence-electron chi connectivity index (χ1n) is 7.45. The van der Waals surface area contributed by atoms with Crippen LogP contribution in [0.25, 0.3) is 0 Å². The van der Waals surface area contributed by atoms with Crippen LogP contribution in [0.5, 0.6) is 0 Å². The van der Waals surface area contributed by atoms with Gasteiger partial charge in [0, 0.05) is 30.6 Å². The van der Waals surface area contributed by atoms with Gasteiger partial charge < -0.3 is 15.3 Å². The molecule has 0 radical (unpaired) electrons. The van der Waals surface area contributed by atoms with Crippen molar-refractivity contribution in [1.82, 2.24) is 10.2 Å². The molecule has 1 aliphatic carbocycles. The molecule has 5 nitrogen and oxygen atoms in total. The normalized spacial score (nSPS) is 25.4. The van der Waals surface area contributed by atoms with Crippen LogP contribution in [0.15, 0.2) is 0 Å². The molecule has 2 amide bonds. The standard InChI is InChI=1S/C14H24N2O3S/c1-2-11-9-16(7-8-20-11)13(19)15-10-14(12(17)18)5-3-4-6-14/h11H,2-10H2,1H3,(H,15,19)(H,17,18). The number of carbonyl (C=O) groups is 2. The molecule has 0 aromatic carbocycles. The third kappa shape index (κ3) is 3.40. The van der Waals surface area contributed by atoms with E-state index in [2.05, 4.69) is 12.2 Å². The van der Waals surface area contributed by atoms with E-state index in [1.807, 2.05) is 16.7 Å². The van der Waals surface area contributed by atoms with Crippen LogP contribution in [0.3, 0.4) is 0 Å². The van der Waals surface area contributed by atoms with E-state index in [4.69, 9.17) is 0 Å². The van der Waals surface area contributed by atoms with Crippen molar-refractivity contribution in [3.05, 3.63) is 0 Å². The minimum atomic E-state index is -0.768. The molecule has 114 valence electrons. The Morgan fingerprint density at radius 1 is 1.40 bits per heavy atom. The van der Waals surface area contributed by atoms with Crippen LogP contribution in [0.2, 0.25) is 0 Å². The van der Waals surface area contributed by atoms with Crippen LogP contribution in [-0.4, -0.2) is 52.6 Å². The number of nitrogens with zero attached hydrogens (tertiary/aromatic N) is 1. The van der Waals surface area contributed by atoms with E-state index in [0.717, 1.165) is 38.1 Å². The fraction of sp³-hybridized carbons (Fsp3) is 0.857. The molecule has 2 fully saturated rings. The monoisotopic (exact) mass is 300 g/mol. The highest BCUT2D eigenvalue weighted by Gasteiger charge is 2.41. The minimum Gasteiger partial charge on any atom is -0.481 e. The zero-order valence-electron chi connectivity index (χ0n) is 12.1. The van der Waals surface area contributed by atoms with E-state index >= 15 is 0 Å². The van der Waals surface area contributed by atoms with Crippen LogP contribution < -0.4 is 5.32 Å². The van der Waals surface area contributed by atoms with Crippen LogP contribution in [-0.2, 0) is 4.79 Å². The Hall–Kier alpha value is -0.910. The maximum Gasteiger partial charge on any atom is 0.317 e. The van der Waals surface area contributed by atoms with Gasteiger partial charge in [0.15, 0.2) is 0 Å². The highest BCUT2D eigenvalue weighted by Crippen LogP contribution is 2.37. The number of carbonyl (C=O) groups excluding carboxylic acids is 1. The average molecular weight is 300 g/mol. The Bertz CT molecular complexity index is 369. The van der Waals surface area contributed by atoms with Crippen molar-refractivity contribution in [2.24, 2.45) is 5.41 Å². The molecule has 6 heteroatoms. The summed E-state index contributed by atoms with van der Waals surface area (Å²) in [7, 11) is 0. The molecule has 0 spiro atoms. The van der Waals surface area contributed by atoms with E-state index in [0.29, 0.717) is 18.1 Å². The summed E-state index contributed by atoms with van der Waals surface area (Å²) in [5.41, 5.74) is -0.732. The fourth-order valence-corrected chi connectivity index (χ4v) is 4.21. The van der Waals surface area contributed by atoms with Gasteiger partial charge in [-0.15, -0.1) is 0 Å². The number of hydrogen-bond donors (Lipinski definition) is 2. The summed E-state index contributed by atoms with van der Waals surface area (Å²) >= 11 is 1.92. The van der Waals surface area contributed by atoms with Crippen LogP contribution in [0, 0.1) is 5.41 Å². The first-order valence-corrected chi connectivity index (χ1v) is 8.50. The van der Waals surface area contributed by atoms with Crippen molar-refractivity contribution < 1.29 is 14.7 Å². The molecular weight excluding hydrogens is 276 g/mol. The zero-order valence-corrected chi connectivity index (χ0v) is 12.9. The van der Waals surface area contributed by atoms with Gasteiger partial charge in [-0.05, 0) is 19.3 Å². The second-order valence-electron chi connectivity index (χ2n) is 5.80. The van der Waals surface area contributed by atoms with E-state index in [1.165, 1.54) is 0 Å². The second kappa shape index (κ2) is 6.70. The smallest absolute Gasteiger partial charge is 0.317 e. The van der Waals surface area contributed by atoms with Crippen molar-refractivity contribution in [1.29, 1.82) is 0 Å². The van der Waals surface area contributed by atoms with Crippen molar-refractivity contribution in [2.45, 2.75) is 44.3 Å². The molecule has 0 aromatic heterocycles. The summed E-state index contributed by atoms with van der Waals surface area (Å²) in [4.78, 5) is 25.5. The molecule has 20 heavy (non-hydrogen) atoms. The lowest BCUT2D eigenvalue weighted by atomic mass is 9.86. The number of amides is 2.